The monoisotopic (exact) mass is 515 g/mol. The maximum absolute atomic E-state index is 12.7. The highest BCUT2D eigenvalue weighted by Gasteiger charge is 2.32. The van der Waals surface area contributed by atoms with Crippen molar-refractivity contribution in [2.24, 2.45) is 22.2 Å². The van der Waals surface area contributed by atoms with Gasteiger partial charge in [-0.25, -0.2) is 9.78 Å². The number of rotatable bonds is 15. The zero-order valence-corrected chi connectivity index (χ0v) is 20.1. The fraction of sp³-hybridized carbons (Fsp3) is 0.579. The molecule has 0 aromatic carbocycles. The molecule has 0 saturated heterocycles. The first kappa shape index (κ1) is 29.7. The van der Waals surface area contributed by atoms with Crippen molar-refractivity contribution in [1.29, 1.82) is 0 Å². The zero-order valence-electron chi connectivity index (χ0n) is 19.2. The van der Waals surface area contributed by atoms with Crippen LogP contribution in [0.1, 0.15) is 25.5 Å². The molecule has 15 nitrogen and oxygen atoms in total. The number of carbonyl (C=O) groups excluding carboxylic acids is 3. The van der Waals surface area contributed by atoms with Crippen molar-refractivity contribution < 1.29 is 29.4 Å². The Labute approximate surface area is 207 Å². The van der Waals surface area contributed by atoms with E-state index >= 15 is 0 Å². The number of amides is 3. The summed E-state index contributed by atoms with van der Waals surface area (Å²) in [7, 11) is 0. The third-order valence-electron chi connectivity index (χ3n) is 4.78. The van der Waals surface area contributed by atoms with Gasteiger partial charge in [-0.05, 0) is 19.8 Å². The van der Waals surface area contributed by atoms with Crippen LogP contribution in [0.25, 0.3) is 0 Å². The van der Waals surface area contributed by atoms with E-state index in [1.165, 1.54) is 19.4 Å². The maximum atomic E-state index is 12.7. The molecule has 196 valence electrons. The third kappa shape index (κ3) is 10.6. The largest absolute Gasteiger partial charge is 0.480 e. The minimum Gasteiger partial charge on any atom is -0.480 e. The summed E-state index contributed by atoms with van der Waals surface area (Å²) in [6.07, 6.45) is 2.01. The molecule has 3 amide bonds. The van der Waals surface area contributed by atoms with Crippen LogP contribution in [-0.2, 0) is 25.6 Å². The second-order valence-corrected chi connectivity index (χ2v) is 8.07. The summed E-state index contributed by atoms with van der Waals surface area (Å²) in [6.45, 7) is 1.54. The zero-order chi connectivity index (χ0) is 26.5. The van der Waals surface area contributed by atoms with E-state index in [1.807, 2.05) is 0 Å². The number of aliphatic imine (C=N–C) groups is 1. The molecule has 16 heteroatoms. The Morgan fingerprint density at radius 2 is 1.80 bits per heavy atom. The molecule has 1 aromatic heterocycles. The molecule has 35 heavy (non-hydrogen) atoms. The van der Waals surface area contributed by atoms with E-state index in [2.05, 4.69) is 43.5 Å². The van der Waals surface area contributed by atoms with Crippen LogP contribution in [0.4, 0.5) is 0 Å². The molecule has 5 unspecified atom stereocenters. The van der Waals surface area contributed by atoms with Crippen LogP contribution in [0.5, 0.6) is 0 Å². The fourth-order valence-corrected chi connectivity index (χ4v) is 3.12. The second-order valence-electron chi connectivity index (χ2n) is 7.71. The number of aliphatic hydroxyl groups is 1. The summed E-state index contributed by atoms with van der Waals surface area (Å²) in [6, 6.07) is -4.98. The van der Waals surface area contributed by atoms with E-state index in [0.29, 0.717) is 12.1 Å². The highest BCUT2D eigenvalue weighted by Crippen LogP contribution is 2.03. The standard InChI is InChI=1S/C19H33N9O6S/c1-9(29)14(28-15(30)11(20)3-2-4-24-19(21)22)17(32)27-13(7-35)16(31)26-12(18(33)34)5-10-6-23-8-25-10/h6,8-9,11-14,29,35H,2-5,7,20H2,1H3,(H,23,25)(H,26,31)(H,27,32)(H,28,30)(H,33,34)(H4,21,22,24). The predicted molar refractivity (Wildman–Crippen MR) is 129 cm³/mol. The molecule has 12 N–H and O–H groups in total. The third-order valence-corrected chi connectivity index (χ3v) is 5.14. The molecule has 5 atom stereocenters. The average Bonchev–Trinajstić information content (AvgIpc) is 3.30. The van der Waals surface area contributed by atoms with Gasteiger partial charge in [0, 0.05) is 30.6 Å². The number of aromatic nitrogens is 2. The van der Waals surface area contributed by atoms with Gasteiger partial charge < -0.3 is 48.3 Å². The number of nitrogens with zero attached hydrogens (tertiary/aromatic N) is 2. The number of carboxylic acid groups (broad SMARTS) is 1. The summed E-state index contributed by atoms with van der Waals surface area (Å²) < 4.78 is 0. The van der Waals surface area contributed by atoms with Crippen molar-refractivity contribution >= 4 is 42.3 Å². The number of aliphatic hydroxyl groups excluding tert-OH is 1. The number of aromatic amines is 1. The van der Waals surface area contributed by atoms with Gasteiger partial charge in [0.05, 0.1) is 18.5 Å². The molecule has 0 bridgehead atoms. The molecule has 0 aliphatic carbocycles. The summed E-state index contributed by atoms with van der Waals surface area (Å²) in [5, 5.41) is 26.4. The molecule has 0 aliphatic heterocycles. The Kier molecular flexibility index (Phi) is 12.5. The first-order chi connectivity index (χ1) is 16.5. The van der Waals surface area contributed by atoms with Crippen LogP contribution in [0.2, 0.25) is 0 Å². The van der Waals surface area contributed by atoms with Gasteiger partial charge in [-0.2, -0.15) is 12.6 Å². The Morgan fingerprint density at radius 1 is 1.14 bits per heavy atom. The summed E-state index contributed by atoms with van der Waals surface area (Å²) in [4.78, 5) is 59.5. The van der Waals surface area contributed by atoms with Gasteiger partial charge in [-0.15, -0.1) is 0 Å². The summed E-state index contributed by atoms with van der Waals surface area (Å²) in [5.41, 5.74) is 16.8. The first-order valence-electron chi connectivity index (χ1n) is 10.7. The van der Waals surface area contributed by atoms with Gasteiger partial charge in [0.2, 0.25) is 17.7 Å². The smallest absolute Gasteiger partial charge is 0.326 e. The molecule has 1 heterocycles. The van der Waals surface area contributed by atoms with Crippen molar-refractivity contribution in [3.05, 3.63) is 18.2 Å². The lowest BCUT2D eigenvalue weighted by Crippen LogP contribution is -2.60. The lowest BCUT2D eigenvalue weighted by molar-refractivity contribution is -0.142. The Morgan fingerprint density at radius 3 is 2.31 bits per heavy atom. The van der Waals surface area contributed by atoms with Gasteiger partial charge >= 0.3 is 5.97 Å². The highest BCUT2D eigenvalue weighted by molar-refractivity contribution is 7.80. The summed E-state index contributed by atoms with van der Waals surface area (Å²) in [5.74, 6) is -3.96. The van der Waals surface area contributed by atoms with Gasteiger partial charge in [0.25, 0.3) is 0 Å². The van der Waals surface area contributed by atoms with Crippen LogP contribution < -0.4 is 33.2 Å². The molecule has 1 rings (SSSR count). The minimum atomic E-state index is -1.43. The highest BCUT2D eigenvalue weighted by atomic mass is 32.1. The number of carbonyl (C=O) groups is 4. The van der Waals surface area contributed by atoms with E-state index < -0.39 is 54.0 Å². The van der Waals surface area contributed by atoms with Gasteiger partial charge in [-0.1, -0.05) is 0 Å². The van der Waals surface area contributed by atoms with E-state index in [0.717, 1.165) is 0 Å². The van der Waals surface area contributed by atoms with Crippen molar-refractivity contribution in [2.45, 2.75) is 56.5 Å². The number of aliphatic carboxylic acids is 1. The number of hydrogen-bond acceptors (Lipinski definition) is 9. The quantitative estimate of drug-likeness (QED) is 0.0470. The number of guanidine groups is 1. The number of thiol groups is 1. The summed E-state index contributed by atoms with van der Waals surface area (Å²) >= 11 is 4.04. The lowest BCUT2D eigenvalue weighted by Gasteiger charge is -2.25. The van der Waals surface area contributed by atoms with Crippen LogP contribution in [0.3, 0.4) is 0 Å². The number of nitrogens with one attached hydrogen (secondary N) is 4. The van der Waals surface area contributed by atoms with Crippen LogP contribution >= 0.6 is 12.6 Å². The van der Waals surface area contributed by atoms with Crippen LogP contribution in [-0.4, -0.2) is 92.4 Å². The SMILES string of the molecule is CC(O)C(NC(=O)C(N)CCCN=C(N)N)C(=O)NC(CS)C(=O)NC(Cc1cnc[nH]1)C(=O)O. The lowest BCUT2D eigenvalue weighted by atomic mass is 10.1. The number of hydrogen-bond donors (Lipinski definition) is 10. The van der Waals surface area contributed by atoms with Crippen molar-refractivity contribution in [2.75, 3.05) is 12.3 Å². The minimum absolute atomic E-state index is 0.0677. The molecule has 0 fully saturated rings. The van der Waals surface area contributed by atoms with E-state index in [1.54, 1.807) is 0 Å². The molecule has 0 spiro atoms. The average molecular weight is 516 g/mol. The van der Waals surface area contributed by atoms with Crippen molar-refractivity contribution in [3.8, 4) is 0 Å². The number of nitrogens with two attached hydrogens (primary N) is 3. The van der Waals surface area contributed by atoms with Crippen LogP contribution in [0.15, 0.2) is 17.5 Å². The van der Waals surface area contributed by atoms with E-state index in [-0.39, 0.29) is 31.1 Å². The molecule has 1 aromatic rings. The molecule has 0 saturated carbocycles. The number of H-pyrrole nitrogens is 1. The Hall–Kier alpha value is -3.37. The topological polar surface area (TPSA) is 264 Å². The van der Waals surface area contributed by atoms with Crippen molar-refractivity contribution in [1.82, 2.24) is 25.9 Å². The molecular weight excluding hydrogens is 482 g/mol. The van der Waals surface area contributed by atoms with Gasteiger partial charge in [0.1, 0.15) is 18.1 Å². The van der Waals surface area contributed by atoms with Gasteiger partial charge in [-0.3, -0.25) is 19.4 Å². The van der Waals surface area contributed by atoms with E-state index in [4.69, 9.17) is 17.2 Å². The molecular formula is C19H33N9O6S. The second kappa shape index (κ2) is 14.8. The number of imidazole rings is 1. The predicted octanol–water partition coefficient (Wildman–Crippen LogP) is -3.82. The number of carboxylic acids is 1. The molecule has 0 aliphatic rings. The van der Waals surface area contributed by atoms with Crippen LogP contribution in [0, 0.1) is 0 Å². The van der Waals surface area contributed by atoms with Gasteiger partial charge in [0.15, 0.2) is 5.96 Å². The first-order valence-corrected chi connectivity index (χ1v) is 11.3. The van der Waals surface area contributed by atoms with E-state index in [9.17, 15) is 29.4 Å². The maximum Gasteiger partial charge on any atom is 0.326 e. The normalized spacial score (nSPS) is 15.1. The molecule has 0 radical (unpaired) electrons. The Bertz CT molecular complexity index is 876. The van der Waals surface area contributed by atoms with Crippen molar-refractivity contribution in [3.63, 3.8) is 0 Å². The fourth-order valence-electron chi connectivity index (χ4n) is 2.86. The Balaban J connectivity index is 2.74.